The summed E-state index contributed by atoms with van der Waals surface area (Å²) in [6, 6.07) is 2.88. The number of hydrogen-bond donors (Lipinski definition) is 1. The number of benzene rings is 1. The number of ether oxygens (including phenoxy) is 2. The zero-order valence-corrected chi connectivity index (χ0v) is 14.9. The first-order chi connectivity index (χ1) is 12.0. The van der Waals surface area contributed by atoms with E-state index < -0.39 is 12.0 Å². The van der Waals surface area contributed by atoms with Crippen LogP contribution < -0.4 is 9.47 Å². The Balaban J connectivity index is 1.92. The highest BCUT2D eigenvalue weighted by Gasteiger charge is 2.34. The molecule has 2 aromatic rings. The minimum atomic E-state index is -0.893. The SMILES string of the molecule is COc1ccc(CN2Cc3nnc(C)n3CC2C(=O)O)c(Cl)c1OC. The summed E-state index contributed by atoms with van der Waals surface area (Å²) in [4.78, 5) is 13.6. The van der Waals surface area contributed by atoms with Crippen molar-refractivity contribution >= 4 is 17.6 Å². The van der Waals surface area contributed by atoms with Gasteiger partial charge in [0.2, 0.25) is 0 Å². The van der Waals surface area contributed by atoms with Gasteiger partial charge >= 0.3 is 5.97 Å². The van der Waals surface area contributed by atoms with Gasteiger partial charge in [-0.15, -0.1) is 10.2 Å². The molecule has 1 atom stereocenters. The molecule has 25 heavy (non-hydrogen) atoms. The number of hydrogen-bond acceptors (Lipinski definition) is 6. The number of carboxylic acid groups (broad SMARTS) is 1. The normalized spacial score (nSPS) is 17.2. The molecule has 0 spiro atoms. The molecule has 8 nitrogen and oxygen atoms in total. The van der Waals surface area contributed by atoms with Gasteiger partial charge in [0.1, 0.15) is 17.7 Å². The van der Waals surface area contributed by atoms with E-state index in [0.29, 0.717) is 42.0 Å². The van der Waals surface area contributed by atoms with Crippen LogP contribution in [0.15, 0.2) is 12.1 Å². The Bertz CT molecular complexity index is 808. The topological polar surface area (TPSA) is 89.7 Å². The molecule has 0 saturated carbocycles. The van der Waals surface area contributed by atoms with E-state index >= 15 is 0 Å². The van der Waals surface area contributed by atoms with Crippen molar-refractivity contribution < 1.29 is 19.4 Å². The van der Waals surface area contributed by atoms with Crippen LogP contribution in [0.5, 0.6) is 11.5 Å². The molecule has 1 aliphatic heterocycles. The Hall–Kier alpha value is -2.32. The first-order valence-corrected chi connectivity index (χ1v) is 8.09. The highest BCUT2D eigenvalue weighted by Crippen LogP contribution is 2.38. The predicted molar refractivity (Wildman–Crippen MR) is 90.0 cm³/mol. The Kier molecular flexibility index (Phi) is 4.82. The van der Waals surface area contributed by atoms with Crippen LogP contribution >= 0.6 is 11.6 Å². The van der Waals surface area contributed by atoms with Crippen molar-refractivity contribution in [3.05, 3.63) is 34.4 Å². The van der Waals surface area contributed by atoms with Crippen molar-refractivity contribution in [1.82, 2.24) is 19.7 Å². The van der Waals surface area contributed by atoms with Crippen LogP contribution in [0.1, 0.15) is 17.2 Å². The van der Waals surface area contributed by atoms with Crippen molar-refractivity contribution in [3.63, 3.8) is 0 Å². The molecule has 2 heterocycles. The second-order valence-electron chi connectivity index (χ2n) is 5.81. The van der Waals surface area contributed by atoms with Crippen molar-refractivity contribution in [2.45, 2.75) is 32.6 Å². The van der Waals surface area contributed by atoms with E-state index in [4.69, 9.17) is 21.1 Å². The first-order valence-electron chi connectivity index (χ1n) is 7.71. The summed E-state index contributed by atoms with van der Waals surface area (Å²) < 4.78 is 12.4. The molecule has 1 aromatic heterocycles. The van der Waals surface area contributed by atoms with Gasteiger partial charge < -0.3 is 19.1 Å². The lowest BCUT2D eigenvalue weighted by Gasteiger charge is -2.33. The largest absolute Gasteiger partial charge is 0.493 e. The molecule has 0 bridgehead atoms. The van der Waals surface area contributed by atoms with Gasteiger partial charge in [0, 0.05) is 6.54 Å². The van der Waals surface area contributed by atoms with Gasteiger partial charge in [-0.1, -0.05) is 17.7 Å². The number of carboxylic acids is 1. The summed E-state index contributed by atoms with van der Waals surface area (Å²) in [6.07, 6.45) is 0. The van der Waals surface area contributed by atoms with E-state index in [1.165, 1.54) is 14.2 Å². The van der Waals surface area contributed by atoms with E-state index in [2.05, 4.69) is 10.2 Å². The van der Waals surface area contributed by atoms with E-state index in [1.54, 1.807) is 6.07 Å². The average Bonchev–Trinajstić information content (AvgIpc) is 2.95. The monoisotopic (exact) mass is 366 g/mol. The lowest BCUT2D eigenvalue weighted by molar-refractivity contribution is -0.145. The summed E-state index contributed by atoms with van der Waals surface area (Å²) in [5, 5.41) is 18.2. The van der Waals surface area contributed by atoms with Crippen LogP contribution in [0.2, 0.25) is 5.02 Å². The van der Waals surface area contributed by atoms with Crippen molar-refractivity contribution in [2.75, 3.05) is 14.2 Å². The van der Waals surface area contributed by atoms with E-state index in [-0.39, 0.29) is 0 Å². The van der Waals surface area contributed by atoms with Gasteiger partial charge in [-0.2, -0.15) is 0 Å². The summed E-state index contributed by atoms with van der Waals surface area (Å²) >= 11 is 6.43. The van der Waals surface area contributed by atoms with Crippen molar-refractivity contribution in [2.24, 2.45) is 0 Å². The summed E-state index contributed by atoms with van der Waals surface area (Å²) in [5.41, 5.74) is 0.759. The number of halogens is 1. The first kappa shape index (κ1) is 17.5. The second kappa shape index (κ2) is 6.89. The molecule has 0 aliphatic carbocycles. The quantitative estimate of drug-likeness (QED) is 0.861. The Morgan fingerprint density at radius 2 is 2.12 bits per heavy atom. The molecule has 0 amide bonds. The Morgan fingerprint density at radius 1 is 1.36 bits per heavy atom. The molecule has 9 heteroatoms. The van der Waals surface area contributed by atoms with Crippen LogP contribution in [0, 0.1) is 6.92 Å². The lowest BCUT2D eigenvalue weighted by Crippen LogP contribution is -2.47. The van der Waals surface area contributed by atoms with Gasteiger partial charge in [0.05, 0.1) is 32.3 Å². The van der Waals surface area contributed by atoms with Crippen LogP contribution in [-0.2, 0) is 24.4 Å². The minimum absolute atomic E-state index is 0.300. The number of methoxy groups -OCH3 is 2. The maximum absolute atomic E-state index is 11.7. The molecule has 1 unspecified atom stereocenters. The molecule has 1 aromatic carbocycles. The molecule has 0 fully saturated rings. The second-order valence-corrected chi connectivity index (χ2v) is 6.19. The van der Waals surface area contributed by atoms with Crippen LogP contribution in [-0.4, -0.2) is 51.0 Å². The fourth-order valence-corrected chi connectivity index (χ4v) is 3.32. The zero-order chi connectivity index (χ0) is 18.1. The standard InChI is InChI=1S/C16H19ClN4O4/c1-9-18-19-13-8-20(11(16(22)23)7-21(9)13)6-10-4-5-12(24-2)15(25-3)14(10)17/h4-5,11H,6-8H2,1-3H3,(H,22,23). The molecular weight excluding hydrogens is 348 g/mol. The third-order valence-electron chi connectivity index (χ3n) is 4.38. The molecule has 0 radical (unpaired) electrons. The Morgan fingerprint density at radius 3 is 2.76 bits per heavy atom. The summed E-state index contributed by atoms with van der Waals surface area (Å²) in [6.45, 7) is 2.84. The van der Waals surface area contributed by atoms with E-state index in [1.807, 2.05) is 22.5 Å². The highest BCUT2D eigenvalue weighted by molar-refractivity contribution is 6.33. The molecule has 3 rings (SSSR count). The highest BCUT2D eigenvalue weighted by atomic mass is 35.5. The third-order valence-corrected chi connectivity index (χ3v) is 4.79. The molecular formula is C16H19ClN4O4. The smallest absolute Gasteiger partial charge is 0.322 e. The lowest BCUT2D eigenvalue weighted by atomic mass is 10.1. The molecule has 1 aliphatic rings. The van der Waals surface area contributed by atoms with Gasteiger partial charge in [0.15, 0.2) is 11.5 Å². The third kappa shape index (κ3) is 3.14. The number of fused-ring (bicyclic) bond motifs is 1. The van der Waals surface area contributed by atoms with Crippen LogP contribution in [0.25, 0.3) is 0 Å². The van der Waals surface area contributed by atoms with Crippen LogP contribution in [0.3, 0.4) is 0 Å². The van der Waals surface area contributed by atoms with Crippen LogP contribution in [0.4, 0.5) is 0 Å². The zero-order valence-electron chi connectivity index (χ0n) is 14.2. The molecule has 0 saturated heterocycles. The molecule has 134 valence electrons. The van der Waals surface area contributed by atoms with Gasteiger partial charge in [-0.05, 0) is 18.6 Å². The number of carbonyl (C=O) groups is 1. The Labute approximate surface area is 149 Å². The summed E-state index contributed by atoms with van der Waals surface area (Å²) in [5.74, 6) is 1.52. The molecule has 1 N–H and O–H groups in total. The number of aryl methyl sites for hydroxylation is 1. The number of rotatable bonds is 5. The van der Waals surface area contributed by atoms with Gasteiger partial charge in [0.25, 0.3) is 0 Å². The minimum Gasteiger partial charge on any atom is -0.493 e. The number of nitrogens with zero attached hydrogens (tertiary/aromatic N) is 4. The van der Waals surface area contributed by atoms with Crippen molar-refractivity contribution in [1.29, 1.82) is 0 Å². The maximum Gasteiger partial charge on any atom is 0.322 e. The fourth-order valence-electron chi connectivity index (χ4n) is 3.03. The van der Waals surface area contributed by atoms with E-state index in [9.17, 15) is 9.90 Å². The number of aromatic nitrogens is 3. The number of aliphatic carboxylic acids is 1. The van der Waals surface area contributed by atoms with Gasteiger partial charge in [-0.25, -0.2) is 0 Å². The van der Waals surface area contributed by atoms with Gasteiger partial charge in [-0.3, -0.25) is 9.69 Å². The maximum atomic E-state index is 11.7. The van der Waals surface area contributed by atoms with Crippen molar-refractivity contribution in [3.8, 4) is 11.5 Å². The average molecular weight is 367 g/mol. The fraction of sp³-hybridized carbons (Fsp3) is 0.438. The van der Waals surface area contributed by atoms with E-state index in [0.717, 1.165) is 11.4 Å². The predicted octanol–water partition coefficient (Wildman–Crippen LogP) is 1.73. The summed E-state index contributed by atoms with van der Waals surface area (Å²) in [7, 11) is 3.05.